The first-order chi connectivity index (χ1) is 14.9. The molecule has 3 rings (SSSR count). The van der Waals surface area contributed by atoms with Gasteiger partial charge in [0.2, 0.25) is 5.91 Å². The third-order valence-corrected chi connectivity index (χ3v) is 5.38. The monoisotopic (exact) mass is 425 g/mol. The van der Waals surface area contributed by atoms with E-state index in [2.05, 4.69) is 5.32 Å². The number of rotatable bonds is 8. The van der Waals surface area contributed by atoms with Gasteiger partial charge in [-0.15, -0.1) is 0 Å². The number of hydrogen-bond donors (Lipinski definition) is 1. The summed E-state index contributed by atoms with van der Waals surface area (Å²) in [6.07, 6.45) is 0.449. The fraction of sp³-hybridized carbons (Fsp3) is 0.333. The topological polar surface area (TPSA) is 87.0 Å². The van der Waals surface area contributed by atoms with E-state index >= 15 is 0 Å². The van der Waals surface area contributed by atoms with E-state index in [-0.39, 0.29) is 24.8 Å². The van der Waals surface area contributed by atoms with Crippen molar-refractivity contribution < 1.29 is 23.4 Å². The molecule has 7 heteroatoms. The van der Waals surface area contributed by atoms with Crippen LogP contribution in [-0.4, -0.2) is 27.2 Å². The van der Waals surface area contributed by atoms with Crippen LogP contribution in [0.1, 0.15) is 36.1 Å². The standard InChI is InChI=1S/C24H27NO6/c1-14-18-8-6-17(29-4)13-22(18)31-24(27)19(14)10-11-23(26)25-15(2)20-9-7-16(28-3)12-21(20)30-5/h6-9,12-13,15H,10-11H2,1-5H3,(H,25,26). The maximum absolute atomic E-state index is 12.6. The quantitative estimate of drug-likeness (QED) is 0.550. The van der Waals surface area contributed by atoms with Crippen LogP contribution in [0.3, 0.4) is 0 Å². The van der Waals surface area contributed by atoms with Crippen molar-refractivity contribution in [3.8, 4) is 17.2 Å². The van der Waals surface area contributed by atoms with Crippen molar-refractivity contribution in [3.05, 3.63) is 63.5 Å². The molecule has 1 heterocycles. The number of fused-ring (bicyclic) bond motifs is 1. The van der Waals surface area contributed by atoms with Crippen LogP contribution in [0.4, 0.5) is 0 Å². The third kappa shape index (κ3) is 4.82. The van der Waals surface area contributed by atoms with Gasteiger partial charge in [0.25, 0.3) is 0 Å². The second kappa shape index (κ2) is 9.55. The molecule has 164 valence electrons. The molecular formula is C24H27NO6. The lowest BCUT2D eigenvalue weighted by atomic mass is 10.0. The summed E-state index contributed by atoms with van der Waals surface area (Å²) >= 11 is 0. The minimum atomic E-state index is -0.434. The van der Waals surface area contributed by atoms with Crippen LogP contribution < -0.4 is 25.2 Å². The fourth-order valence-electron chi connectivity index (χ4n) is 3.60. The van der Waals surface area contributed by atoms with Gasteiger partial charge in [0, 0.05) is 35.1 Å². The Labute approximate surface area is 180 Å². The van der Waals surface area contributed by atoms with E-state index in [1.807, 2.05) is 38.1 Å². The van der Waals surface area contributed by atoms with Gasteiger partial charge in [-0.25, -0.2) is 4.79 Å². The third-order valence-electron chi connectivity index (χ3n) is 5.38. The zero-order chi connectivity index (χ0) is 22.5. The Hall–Kier alpha value is -3.48. The molecule has 1 amide bonds. The van der Waals surface area contributed by atoms with E-state index in [0.29, 0.717) is 28.4 Å². The average molecular weight is 425 g/mol. The summed E-state index contributed by atoms with van der Waals surface area (Å²) in [5.41, 5.74) is 2.19. The summed E-state index contributed by atoms with van der Waals surface area (Å²) in [5, 5.41) is 3.79. The Morgan fingerprint density at radius 3 is 2.39 bits per heavy atom. The van der Waals surface area contributed by atoms with Crippen molar-refractivity contribution in [3.63, 3.8) is 0 Å². The number of nitrogens with one attached hydrogen (secondary N) is 1. The smallest absolute Gasteiger partial charge is 0.339 e. The minimum absolute atomic E-state index is 0.163. The van der Waals surface area contributed by atoms with Crippen molar-refractivity contribution in [2.75, 3.05) is 21.3 Å². The predicted molar refractivity (Wildman–Crippen MR) is 118 cm³/mol. The highest BCUT2D eigenvalue weighted by Crippen LogP contribution is 2.29. The zero-order valence-corrected chi connectivity index (χ0v) is 18.4. The van der Waals surface area contributed by atoms with Gasteiger partial charge in [0.1, 0.15) is 22.8 Å². The molecule has 0 radical (unpaired) electrons. The van der Waals surface area contributed by atoms with Crippen LogP contribution in [-0.2, 0) is 11.2 Å². The van der Waals surface area contributed by atoms with Crippen molar-refractivity contribution in [1.29, 1.82) is 0 Å². The molecule has 0 aliphatic rings. The Balaban J connectivity index is 1.72. The Morgan fingerprint density at radius 2 is 1.71 bits per heavy atom. The van der Waals surface area contributed by atoms with Crippen molar-refractivity contribution in [2.45, 2.75) is 32.7 Å². The lowest BCUT2D eigenvalue weighted by molar-refractivity contribution is -0.121. The van der Waals surface area contributed by atoms with Crippen LogP contribution in [0.25, 0.3) is 11.0 Å². The number of carbonyl (C=O) groups is 1. The van der Waals surface area contributed by atoms with E-state index in [4.69, 9.17) is 18.6 Å². The molecule has 0 fully saturated rings. The maximum Gasteiger partial charge on any atom is 0.339 e. The molecule has 3 aromatic rings. The first-order valence-corrected chi connectivity index (χ1v) is 9.99. The largest absolute Gasteiger partial charge is 0.497 e. The fourth-order valence-corrected chi connectivity index (χ4v) is 3.60. The molecular weight excluding hydrogens is 398 g/mol. The van der Waals surface area contributed by atoms with Gasteiger partial charge in [0.05, 0.1) is 27.4 Å². The molecule has 0 aliphatic heterocycles. The van der Waals surface area contributed by atoms with Crippen molar-refractivity contribution >= 4 is 16.9 Å². The molecule has 1 unspecified atom stereocenters. The van der Waals surface area contributed by atoms with E-state index < -0.39 is 5.63 Å². The summed E-state index contributed by atoms with van der Waals surface area (Å²) in [6.45, 7) is 3.75. The van der Waals surface area contributed by atoms with E-state index in [1.165, 1.54) is 0 Å². The lowest BCUT2D eigenvalue weighted by Crippen LogP contribution is -2.27. The Bertz CT molecular complexity index is 1150. The molecule has 2 aromatic carbocycles. The van der Waals surface area contributed by atoms with Crippen LogP contribution in [0.5, 0.6) is 17.2 Å². The summed E-state index contributed by atoms with van der Waals surface area (Å²) in [4.78, 5) is 25.1. The SMILES string of the molecule is COc1ccc(C(C)NC(=O)CCc2c(C)c3ccc(OC)cc3oc2=O)c(OC)c1. The zero-order valence-electron chi connectivity index (χ0n) is 18.4. The van der Waals surface area contributed by atoms with Gasteiger partial charge in [-0.3, -0.25) is 4.79 Å². The lowest BCUT2D eigenvalue weighted by Gasteiger charge is -2.18. The molecule has 0 bridgehead atoms. The Kier molecular flexibility index (Phi) is 6.84. The molecule has 7 nitrogen and oxygen atoms in total. The average Bonchev–Trinajstić information content (AvgIpc) is 2.77. The number of benzene rings is 2. The van der Waals surface area contributed by atoms with Crippen molar-refractivity contribution in [1.82, 2.24) is 5.32 Å². The summed E-state index contributed by atoms with van der Waals surface area (Å²) in [7, 11) is 4.72. The molecule has 31 heavy (non-hydrogen) atoms. The molecule has 1 aromatic heterocycles. The number of methoxy groups -OCH3 is 3. The molecule has 0 saturated carbocycles. The van der Waals surface area contributed by atoms with Gasteiger partial charge < -0.3 is 23.9 Å². The van der Waals surface area contributed by atoms with Crippen LogP contribution in [0, 0.1) is 6.92 Å². The van der Waals surface area contributed by atoms with Gasteiger partial charge >= 0.3 is 5.63 Å². The Morgan fingerprint density at radius 1 is 1.03 bits per heavy atom. The van der Waals surface area contributed by atoms with Gasteiger partial charge in [-0.05, 0) is 50.1 Å². The molecule has 0 spiro atoms. The molecule has 0 saturated heterocycles. The maximum atomic E-state index is 12.6. The molecule has 1 N–H and O–H groups in total. The number of hydrogen-bond acceptors (Lipinski definition) is 6. The van der Waals surface area contributed by atoms with E-state index in [9.17, 15) is 9.59 Å². The molecule has 0 aliphatic carbocycles. The first kappa shape index (κ1) is 22.2. The highest BCUT2D eigenvalue weighted by atomic mass is 16.5. The van der Waals surface area contributed by atoms with Gasteiger partial charge in [-0.1, -0.05) is 0 Å². The number of carbonyl (C=O) groups excluding carboxylic acids is 1. The second-order valence-corrected chi connectivity index (χ2v) is 7.25. The normalized spacial score (nSPS) is 11.8. The van der Waals surface area contributed by atoms with Gasteiger partial charge in [0.15, 0.2) is 0 Å². The predicted octanol–water partition coefficient (Wildman–Crippen LogP) is 3.94. The minimum Gasteiger partial charge on any atom is -0.497 e. The first-order valence-electron chi connectivity index (χ1n) is 9.99. The second-order valence-electron chi connectivity index (χ2n) is 7.25. The van der Waals surface area contributed by atoms with Gasteiger partial charge in [-0.2, -0.15) is 0 Å². The van der Waals surface area contributed by atoms with Crippen molar-refractivity contribution in [2.24, 2.45) is 0 Å². The molecule has 1 atom stereocenters. The van der Waals surface area contributed by atoms with Crippen LogP contribution in [0.2, 0.25) is 0 Å². The number of amides is 1. The summed E-state index contributed by atoms with van der Waals surface area (Å²) < 4.78 is 21.3. The highest BCUT2D eigenvalue weighted by molar-refractivity contribution is 5.83. The number of ether oxygens (including phenoxy) is 3. The highest BCUT2D eigenvalue weighted by Gasteiger charge is 2.17. The number of aryl methyl sites for hydroxylation is 1. The van der Waals surface area contributed by atoms with E-state index in [1.54, 1.807) is 33.5 Å². The van der Waals surface area contributed by atoms with E-state index in [0.717, 1.165) is 16.5 Å². The summed E-state index contributed by atoms with van der Waals surface area (Å²) in [5.74, 6) is 1.76. The summed E-state index contributed by atoms with van der Waals surface area (Å²) in [6, 6.07) is 10.5. The van der Waals surface area contributed by atoms with Crippen LogP contribution in [0.15, 0.2) is 45.6 Å². The van der Waals surface area contributed by atoms with Crippen LogP contribution >= 0.6 is 0 Å².